The van der Waals surface area contributed by atoms with Crippen LogP contribution in [0, 0.1) is 17.5 Å². The van der Waals surface area contributed by atoms with E-state index in [9.17, 15) is 36.3 Å². The Balaban J connectivity index is 1.96. The molecule has 13 heteroatoms. The Hall–Kier alpha value is -4.03. The SMILES string of the molecule is CCCC(C)(NC(=O)c1cn(-c2c(F)cc(F)cc2F)c2nc(N3C[C@@H](C)NC3=O)ccc2c1=O)C(F)F. The Kier molecular flexibility index (Phi) is 7.13. The molecule has 202 valence electrons. The standard InChI is InChI=1S/C25H24F5N5O3/c1-4-7-25(3,23(29)30)33-22(37)15-11-35(19-16(27)8-13(26)9-17(19)28)21-14(20(15)36)5-6-18(32-21)34-10-12(2)31-24(34)38/h5-6,8-9,11-12,23H,4,7,10H2,1-3H3,(H,31,38)(H,33,37)/t12-,25?/m1/s1. The van der Waals surface area contributed by atoms with Crippen LogP contribution in [0.2, 0.25) is 0 Å². The highest BCUT2D eigenvalue weighted by Gasteiger charge is 2.37. The largest absolute Gasteiger partial charge is 0.341 e. The zero-order valence-electron chi connectivity index (χ0n) is 20.6. The van der Waals surface area contributed by atoms with Crippen LogP contribution in [0.15, 0.2) is 35.3 Å². The highest BCUT2D eigenvalue weighted by atomic mass is 19.3. The fourth-order valence-corrected chi connectivity index (χ4v) is 4.40. The molecule has 1 aliphatic heterocycles. The zero-order valence-corrected chi connectivity index (χ0v) is 20.6. The lowest BCUT2D eigenvalue weighted by atomic mass is 9.96. The van der Waals surface area contributed by atoms with Gasteiger partial charge in [0.15, 0.2) is 17.3 Å². The van der Waals surface area contributed by atoms with Crippen molar-refractivity contribution in [1.82, 2.24) is 20.2 Å². The summed E-state index contributed by atoms with van der Waals surface area (Å²) in [7, 11) is 0. The molecule has 2 N–H and O–H groups in total. The maximum absolute atomic E-state index is 14.9. The molecule has 8 nitrogen and oxygen atoms in total. The van der Waals surface area contributed by atoms with Crippen molar-refractivity contribution < 1.29 is 31.5 Å². The molecule has 0 saturated carbocycles. The van der Waals surface area contributed by atoms with E-state index in [4.69, 9.17) is 0 Å². The summed E-state index contributed by atoms with van der Waals surface area (Å²) in [5, 5.41) is 4.55. The van der Waals surface area contributed by atoms with Gasteiger partial charge in [-0.05, 0) is 32.4 Å². The molecule has 1 aromatic carbocycles. The van der Waals surface area contributed by atoms with Gasteiger partial charge in [-0.25, -0.2) is 31.7 Å². The summed E-state index contributed by atoms with van der Waals surface area (Å²) in [6.45, 7) is 4.72. The number of rotatable bonds is 7. The average molecular weight is 537 g/mol. The third kappa shape index (κ3) is 4.79. The van der Waals surface area contributed by atoms with Gasteiger partial charge in [0.2, 0.25) is 5.43 Å². The summed E-state index contributed by atoms with van der Waals surface area (Å²) >= 11 is 0. The number of urea groups is 1. The number of nitrogens with zero attached hydrogens (tertiary/aromatic N) is 3. The van der Waals surface area contributed by atoms with Gasteiger partial charge in [0.1, 0.15) is 22.9 Å². The van der Waals surface area contributed by atoms with Crippen LogP contribution in [0.5, 0.6) is 0 Å². The molecule has 0 aliphatic carbocycles. The van der Waals surface area contributed by atoms with Gasteiger partial charge in [-0.15, -0.1) is 0 Å². The predicted molar refractivity (Wildman–Crippen MR) is 129 cm³/mol. The molecule has 3 heterocycles. The Morgan fingerprint density at radius 2 is 1.87 bits per heavy atom. The third-order valence-corrected chi connectivity index (χ3v) is 6.30. The molecule has 3 aromatic rings. The Morgan fingerprint density at radius 1 is 1.21 bits per heavy atom. The number of anilines is 1. The number of hydrogen-bond acceptors (Lipinski definition) is 4. The van der Waals surface area contributed by atoms with E-state index in [-0.39, 0.29) is 35.9 Å². The van der Waals surface area contributed by atoms with Crippen molar-refractivity contribution in [2.75, 3.05) is 11.4 Å². The van der Waals surface area contributed by atoms with Gasteiger partial charge in [0.25, 0.3) is 12.3 Å². The molecule has 0 radical (unpaired) electrons. The van der Waals surface area contributed by atoms with Crippen LogP contribution in [-0.4, -0.2) is 46.0 Å². The first kappa shape index (κ1) is 27.0. The molecule has 0 bridgehead atoms. The predicted octanol–water partition coefficient (Wildman–Crippen LogP) is 4.27. The van der Waals surface area contributed by atoms with E-state index in [1.54, 1.807) is 13.8 Å². The number of halogens is 5. The van der Waals surface area contributed by atoms with Crippen molar-refractivity contribution in [2.24, 2.45) is 0 Å². The lowest BCUT2D eigenvalue weighted by molar-refractivity contribution is 0.0316. The van der Waals surface area contributed by atoms with E-state index in [1.165, 1.54) is 17.0 Å². The number of alkyl halides is 2. The topological polar surface area (TPSA) is 96.3 Å². The first-order valence-electron chi connectivity index (χ1n) is 11.8. The van der Waals surface area contributed by atoms with Crippen molar-refractivity contribution in [1.29, 1.82) is 0 Å². The van der Waals surface area contributed by atoms with Gasteiger partial charge in [-0.2, -0.15) is 0 Å². The second-order valence-corrected chi connectivity index (χ2v) is 9.38. The zero-order chi connectivity index (χ0) is 27.9. The quantitative estimate of drug-likeness (QED) is 0.440. The normalized spacial score (nSPS) is 17.1. The second-order valence-electron chi connectivity index (χ2n) is 9.38. The maximum atomic E-state index is 14.9. The fraction of sp³-hybridized carbons (Fsp3) is 0.360. The lowest BCUT2D eigenvalue weighted by Gasteiger charge is -2.29. The number of benzene rings is 1. The van der Waals surface area contributed by atoms with Gasteiger partial charge in [0, 0.05) is 30.9 Å². The van der Waals surface area contributed by atoms with Crippen LogP contribution in [0.1, 0.15) is 44.0 Å². The number of nitrogens with one attached hydrogen (secondary N) is 2. The van der Waals surface area contributed by atoms with Gasteiger partial charge in [-0.3, -0.25) is 19.1 Å². The first-order chi connectivity index (χ1) is 17.9. The summed E-state index contributed by atoms with van der Waals surface area (Å²) < 4.78 is 71.6. The molecule has 4 rings (SSSR count). The van der Waals surface area contributed by atoms with Crippen LogP contribution < -0.4 is 21.0 Å². The molecule has 1 fully saturated rings. The lowest BCUT2D eigenvalue weighted by Crippen LogP contribution is -2.52. The van der Waals surface area contributed by atoms with Crippen LogP contribution in [0.25, 0.3) is 16.7 Å². The van der Waals surface area contributed by atoms with Gasteiger partial charge in [0.05, 0.1) is 10.9 Å². The minimum atomic E-state index is -2.97. The van der Waals surface area contributed by atoms with Crippen molar-refractivity contribution in [3.8, 4) is 5.69 Å². The molecule has 1 unspecified atom stereocenters. The molecule has 1 aliphatic rings. The molecule has 2 aromatic heterocycles. The van der Waals surface area contributed by atoms with E-state index >= 15 is 0 Å². The molecule has 2 atom stereocenters. The highest BCUT2D eigenvalue weighted by Crippen LogP contribution is 2.27. The molecule has 38 heavy (non-hydrogen) atoms. The van der Waals surface area contributed by atoms with E-state index < -0.39 is 58.0 Å². The second kappa shape index (κ2) is 10.0. The Labute approximate surface area is 213 Å². The van der Waals surface area contributed by atoms with Gasteiger partial charge < -0.3 is 10.6 Å². The summed E-state index contributed by atoms with van der Waals surface area (Å²) in [5.41, 5.74) is -4.81. The van der Waals surface area contributed by atoms with E-state index in [0.717, 1.165) is 17.7 Å². The summed E-state index contributed by atoms with van der Waals surface area (Å²) in [6, 6.07) is 2.60. The Bertz CT molecular complexity index is 1470. The van der Waals surface area contributed by atoms with Crippen molar-refractivity contribution in [2.45, 2.75) is 51.6 Å². The molecular weight excluding hydrogens is 513 g/mol. The van der Waals surface area contributed by atoms with Gasteiger partial charge in [-0.1, -0.05) is 13.3 Å². The minimum Gasteiger partial charge on any atom is -0.341 e. The maximum Gasteiger partial charge on any atom is 0.323 e. The van der Waals surface area contributed by atoms with Crippen molar-refractivity contribution >= 4 is 28.8 Å². The minimum absolute atomic E-state index is 0.0425. The molecular formula is C25H24F5N5O3. The van der Waals surface area contributed by atoms with Crippen molar-refractivity contribution in [3.63, 3.8) is 0 Å². The number of pyridine rings is 2. The molecule has 0 spiro atoms. The average Bonchev–Trinajstić information content (AvgIpc) is 3.17. The number of amides is 3. The number of hydrogen-bond donors (Lipinski definition) is 2. The monoisotopic (exact) mass is 537 g/mol. The van der Waals surface area contributed by atoms with Crippen LogP contribution >= 0.6 is 0 Å². The number of aromatic nitrogens is 2. The van der Waals surface area contributed by atoms with E-state index in [1.807, 2.05) is 0 Å². The molecule has 3 amide bonds. The smallest absolute Gasteiger partial charge is 0.323 e. The number of carbonyl (C=O) groups excluding carboxylic acids is 2. The van der Waals surface area contributed by atoms with E-state index in [0.29, 0.717) is 18.6 Å². The van der Waals surface area contributed by atoms with Crippen LogP contribution in [-0.2, 0) is 0 Å². The van der Waals surface area contributed by atoms with Crippen LogP contribution in [0.3, 0.4) is 0 Å². The number of fused-ring (bicyclic) bond motifs is 1. The third-order valence-electron chi connectivity index (χ3n) is 6.30. The highest BCUT2D eigenvalue weighted by molar-refractivity contribution is 5.98. The van der Waals surface area contributed by atoms with Crippen LogP contribution in [0.4, 0.5) is 32.6 Å². The first-order valence-corrected chi connectivity index (χ1v) is 11.8. The Morgan fingerprint density at radius 3 is 2.42 bits per heavy atom. The summed E-state index contributed by atoms with van der Waals surface area (Å²) in [6.07, 6.45) is -2.02. The molecule has 1 saturated heterocycles. The fourth-order valence-electron chi connectivity index (χ4n) is 4.40. The summed E-state index contributed by atoms with van der Waals surface area (Å²) in [4.78, 5) is 44.2. The number of carbonyl (C=O) groups is 2. The van der Waals surface area contributed by atoms with Gasteiger partial charge >= 0.3 is 6.03 Å². The van der Waals surface area contributed by atoms with Crippen molar-refractivity contribution in [3.05, 3.63) is 63.7 Å². The van der Waals surface area contributed by atoms with E-state index in [2.05, 4.69) is 15.6 Å². The summed E-state index contributed by atoms with van der Waals surface area (Å²) in [5.74, 6) is -5.11.